The average Bonchev–Trinajstić information content (AvgIpc) is 2.71. The van der Waals surface area contributed by atoms with Crippen LogP contribution in [0.3, 0.4) is 0 Å². The minimum atomic E-state index is -0.192. The standard InChI is InChI=1S/C22H26N4O3/c1-14-21(16-8-11-26(14)12-9-16)25-22(28)17-3-5-18(6-4-17)29-19-7-10-23-20(13-19)24-15(2)27/h3-7,10,13-14,16,21H,8-9,11-12H2,1-2H3,(H,25,28)(H,23,24,27)/t14-,21-/m0/s1. The number of hydrogen-bond acceptors (Lipinski definition) is 5. The van der Waals surface area contributed by atoms with E-state index in [1.807, 2.05) is 0 Å². The Morgan fingerprint density at radius 3 is 2.48 bits per heavy atom. The third-order valence-electron chi connectivity index (χ3n) is 5.86. The summed E-state index contributed by atoms with van der Waals surface area (Å²) in [5.74, 6) is 1.94. The van der Waals surface area contributed by atoms with E-state index >= 15 is 0 Å². The Balaban J connectivity index is 1.39. The summed E-state index contributed by atoms with van der Waals surface area (Å²) in [6.07, 6.45) is 3.89. The molecule has 4 heterocycles. The first-order valence-electron chi connectivity index (χ1n) is 10.1. The van der Waals surface area contributed by atoms with Crippen LogP contribution >= 0.6 is 0 Å². The zero-order chi connectivity index (χ0) is 20.4. The summed E-state index contributed by atoms with van der Waals surface area (Å²) >= 11 is 0. The number of rotatable bonds is 5. The molecule has 0 aliphatic carbocycles. The fourth-order valence-corrected chi connectivity index (χ4v) is 4.31. The molecule has 2 amide bonds. The van der Waals surface area contributed by atoms with Gasteiger partial charge in [0.05, 0.1) is 0 Å². The summed E-state index contributed by atoms with van der Waals surface area (Å²) in [5, 5.41) is 5.86. The van der Waals surface area contributed by atoms with E-state index in [4.69, 9.17) is 4.74 Å². The molecule has 2 atom stereocenters. The Morgan fingerprint density at radius 2 is 1.83 bits per heavy atom. The number of carbonyl (C=O) groups excluding carboxylic acids is 2. The van der Waals surface area contributed by atoms with Gasteiger partial charge in [0.2, 0.25) is 5.91 Å². The maximum atomic E-state index is 12.7. The van der Waals surface area contributed by atoms with Crippen molar-refractivity contribution in [3.8, 4) is 11.5 Å². The number of carbonyl (C=O) groups is 2. The third kappa shape index (κ3) is 4.40. The van der Waals surface area contributed by atoms with E-state index in [0.29, 0.717) is 34.8 Å². The Kier molecular flexibility index (Phi) is 5.49. The van der Waals surface area contributed by atoms with Crippen LogP contribution in [0, 0.1) is 5.92 Å². The van der Waals surface area contributed by atoms with Crippen molar-refractivity contribution < 1.29 is 14.3 Å². The number of pyridine rings is 1. The molecule has 152 valence electrons. The Morgan fingerprint density at radius 1 is 1.10 bits per heavy atom. The highest BCUT2D eigenvalue weighted by Crippen LogP contribution is 2.32. The third-order valence-corrected chi connectivity index (χ3v) is 5.86. The van der Waals surface area contributed by atoms with Gasteiger partial charge in [0.25, 0.3) is 5.91 Å². The van der Waals surface area contributed by atoms with Crippen LogP contribution in [0.5, 0.6) is 11.5 Å². The number of nitrogens with one attached hydrogen (secondary N) is 2. The van der Waals surface area contributed by atoms with Gasteiger partial charge in [-0.1, -0.05) is 0 Å². The molecule has 3 aliphatic heterocycles. The summed E-state index contributed by atoms with van der Waals surface area (Å²) in [5.41, 5.74) is 0.620. The van der Waals surface area contributed by atoms with Crippen molar-refractivity contribution >= 4 is 17.6 Å². The van der Waals surface area contributed by atoms with Crippen LogP contribution < -0.4 is 15.4 Å². The second-order valence-corrected chi connectivity index (χ2v) is 7.80. The van der Waals surface area contributed by atoms with Crippen molar-refractivity contribution in [2.24, 2.45) is 5.92 Å². The quantitative estimate of drug-likeness (QED) is 0.814. The van der Waals surface area contributed by atoms with Gasteiger partial charge in [0.15, 0.2) is 0 Å². The number of piperidine rings is 3. The first kappa shape index (κ1) is 19.4. The van der Waals surface area contributed by atoms with Gasteiger partial charge < -0.3 is 15.4 Å². The summed E-state index contributed by atoms with van der Waals surface area (Å²) in [4.78, 5) is 30.4. The average molecular weight is 394 g/mol. The molecule has 0 radical (unpaired) electrons. The van der Waals surface area contributed by atoms with E-state index in [-0.39, 0.29) is 17.9 Å². The highest BCUT2D eigenvalue weighted by atomic mass is 16.5. The Labute approximate surface area is 170 Å². The number of aromatic nitrogens is 1. The monoisotopic (exact) mass is 394 g/mol. The molecule has 1 aromatic carbocycles. The number of benzene rings is 1. The molecule has 2 aromatic rings. The van der Waals surface area contributed by atoms with Gasteiger partial charge in [-0.15, -0.1) is 0 Å². The second kappa shape index (κ2) is 8.21. The van der Waals surface area contributed by atoms with Gasteiger partial charge in [-0.3, -0.25) is 14.5 Å². The minimum absolute atomic E-state index is 0.0426. The fourth-order valence-electron chi connectivity index (χ4n) is 4.31. The molecule has 1 aromatic heterocycles. The molecule has 7 nitrogen and oxygen atoms in total. The van der Waals surface area contributed by atoms with Gasteiger partial charge in [0, 0.05) is 36.8 Å². The highest BCUT2D eigenvalue weighted by Gasteiger charge is 2.40. The van der Waals surface area contributed by atoms with Gasteiger partial charge in [0.1, 0.15) is 17.3 Å². The van der Waals surface area contributed by atoms with Crippen LogP contribution in [0.1, 0.15) is 37.0 Å². The second-order valence-electron chi connectivity index (χ2n) is 7.80. The predicted octanol–water partition coefficient (Wildman–Crippen LogP) is 3.04. The largest absolute Gasteiger partial charge is 0.457 e. The van der Waals surface area contributed by atoms with Gasteiger partial charge in [-0.05, 0) is 69.1 Å². The SMILES string of the molecule is CC(=O)Nc1cc(Oc2ccc(C(=O)N[C@@H]3C4CCN(CC4)[C@H]3C)cc2)ccn1. The Bertz CT molecular complexity index is 889. The Hall–Kier alpha value is -2.93. The van der Waals surface area contributed by atoms with Crippen LogP contribution in [-0.2, 0) is 4.79 Å². The lowest BCUT2D eigenvalue weighted by Crippen LogP contribution is -2.62. The van der Waals surface area contributed by atoms with E-state index in [2.05, 4.69) is 27.4 Å². The molecule has 2 bridgehead atoms. The molecule has 3 fully saturated rings. The number of anilines is 1. The zero-order valence-electron chi connectivity index (χ0n) is 16.7. The molecule has 2 N–H and O–H groups in total. The van der Waals surface area contributed by atoms with Crippen LogP contribution in [0.4, 0.5) is 5.82 Å². The van der Waals surface area contributed by atoms with Crippen molar-refractivity contribution in [3.63, 3.8) is 0 Å². The van der Waals surface area contributed by atoms with E-state index < -0.39 is 0 Å². The summed E-state index contributed by atoms with van der Waals surface area (Å²) in [6.45, 7) is 5.92. The van der Waals surface area contributed by atoms with E-state index in [9.17, 15) is 9.59 Å². The topological polar surface area (TPSA) is 83.6 Å². The number of amides is 2. The molecule has 3 saturated heterocycles. The van der Waals surface area contributed by atoms with Crippen LogP contribution in [0.25, 0.3) is 0 Å². The van der Waals surface area contributed by atoms with Gasteiger partial charge in [-0.2, -0.15) is 0 Å². The number of hydrogen-bond donors (Lipinski definition) is 2. The molecule has 7 heteroatoms. The normalized spacial score (nSPS) is 25.3. The maximum absolute atomic E-state index is 12.7. The molecule has 29 heavy (non-hydrogen) atoms. The lowest BCUT2D eigenvalue weighted by Gasteiger charge is -2.49. The van der Waals surface area contributed by atoms with Crippen molar-refractivity contribution in [2.45, 2.75) is 38.8 Å². The summed E-state index contributed by atoms with van der Waals surface area (Å²) in [6, 6.07) is 11.0. The van der Waals surface area contributed by atoms with Crippen LogP contribution in [0.15, 0.2) is 42.6 Å². The molecule has 0 saturated carbocycles. The minimum Gasteiger partial charge on any atom is -0.457 e. The lowest BCUT2D eigenvalue weighted by atomic mass is 9.79. The number of nitrogens with zero attached hydrogens (tertiary/aromatic N) is 2. The maximum Gasteiger partial charge on any atom is 0.251 e. The number of fused-ring (bicyclic) bond motifs is 3. The molecule has 5 rings (SSSR count). The van der Waals surface area contributed by atoms with E-state index in [1.165, 1.54) is 6.92 Å². The smallest absolute Gasteiger partial charge is 0.251 e. The van der Waals surface area contributed by atoms with Crippen molar-refractivity contribution in [1.82, 2.24) is 15.2 Å². The van der Waals surface area contributed by atoms with Gasteiger partial charge >= 0.3 is 0 Å². The molecule has 0 unspecified atom stereocenters. The zero-order valence-corrected chi connectivity index (χ0v) is 16.7. The van der Waals surface area contributed by atoms with Crippen molar-refractivity contribution in [1.29, 1.82) is 0 Å². The molecular weight excluding hydrogens is 368 g/mol. The first-order valence-corrected chi connectivity index (χ1v) is 10.1. The molecular formula is C22H26N4O3. The van der Waals surface area contributed by atoms with Crippen LogP contribution in [-0.4, -0.2) is 46.9 Å². The highest BCUT2D eigenvalue weighted by molar-refractivity contribution is 5.94. The summed E-state index contributed by atoms with van der Waals surface area (Å²) in [7, 11) is 0. The lowest BCUT2D eigenvalue weighted by molar-refractivity contribution is -0.114. The van der Waals surface area contributed by atoms with Gasteiger partial charge in [-0.25, -0.2) is 4.98 Å². The number of ether oxygens (including phenoxy) is 1. The van der Waals surface area contributed by atoms with Crippen molar-refractivity contribution in [2.75, 3.05) is 18.4 Å². The van der Waals surface area contributed by atoms with E-state index in [0.717, 1.165) is 25.9 Å². The van der Waals surface area contributed by atoms with Crippen LogP contribution in [0.2, 0.25) is 0 Å². The predicted molar refractivity (Wildman–Crippen MR) is 110 cm³/mol. The van der Waals surface area contributed by atoms with E-state index in [1.54, 1.807) is 42.6 Å². The summed E-state index contributed by atoms with van der Waals surface area (Å²) < 4.78 is 5.81. The van der Waals surface area contributed by atoms with Crippen molar-refractivity contribution in [3.05, 3.63) is 48.2 Å². The molecule has 3 aliphatic rings. The first-order chi connectivity index (χ1) is 14.0. The molecule has 0 spiro atoms. The fraction of sp³-hybridized carbons (Fsp3) is 0.409.